The van der Waals surface area contributed by atoms with Gasteiger partial charge in [0.25, 0.3) is 0 Å². The Balaban J connectivity index is 0.000000103. The van der Waals surface area contributed by atoms with Crippen molar-refractivity contribution in [2.75, 3.05) is 0 Å². The van der Waals surface area contributed by atoms with Crippen molar-refractivity contribution in [1.29, 1.82) is 0 Å². The molecular weight excluding hydrogens is 1760 g/mol. The first kappa shape index (κ1) is 81.8. The van der Waals surface area contributed by atoms with Crippen LogP contribution in [0.25, 0.3) is 308 Å². The van der Waals surface area contributed by atoms with Crippen LogP contribution in [-0.4, -0.2) is 15.0 Å². The molecule has 22 aromatic carbocycles. The van der Waals surface area contributed by atoms with Crippen LogP contribution >= 0.6 is 0 Å². The highest BCUT2D eigenvalue weighted by molar-refractivity contribution is 6.32. The Kier molecular flexibility index (Phi) is 18.9. The molecule has 0 spiro atoms. The third-order valence-electron chi connectivity index (χ3n) is 28.9. The fourth-order valence-corrected chi connectivity index (χ4v) is 22.6. The third kappa shape index (κ3) is 13.4. The quantitative estimate of drug-likeness (QED) is 0.123. The van der Waals surface area contributed by atoms with E-state index in [2.05, 4.69) is 406 Å². The largest absolute Gasteiger partial charge is 0.456 e. The Morgan fingerprint density at radius 2 is 0.403 bits per heavy atom. The molecule has 0 atom stereocenters. The monoisotopic (exact) mass is 1840 g/mol. The Morgan fingerprint density at radius 3 is 0.854 bits per heavy atom. The lowest BCUT2D eigenvalue weighted by Gasteiger charge is -2.16. The average Bonchev–Trinajstić information content (AvgIpc) is 1.32. The van der Waals surface area contributed by atoms with E-state index in [0.717, 1.165) is 292 Å². The zero-order valence-electron chi connectivity index (χ0n) is 77.4. The lowest BCUT2D eigenvalue weighted by atomic mass is 9.88. The highest BCUT2D eigenvalue weighted by Crippen LogP contribution is 2.53. The van der Waals surface area contributed by atoms with Crippen LogP contribution < -0.4 is 0 Å². The molecule has 0 amide bonds. The third-order valence-corrected chi connectivity index (χ3v) is 28.9. The van der Waals surface area contributed by atoms with E-state index in [-0.39, 0.29) is 0 Å². The molecule has 0 aliphatic heterocycles. The molecular formula is C135H79N3O6. The molecule has 9 aromatic heterocycles. The van der Waals surface area contributed by atoms with E-state index in [1.54, 1.807) is 0 Å². The van der Waals surface area contributed by atoms with E-state index < -0.39 is 0 Å². The number of rotatable bonds is 10. The SMILES string of the molecule is c1ccc(-c2nc3ccccc3c3c(-c4cccc(-c5ccc(-c6cccc7c6oc6ccccc67)cc5)c4)c4c(cc23)oc2ccccc24)cc1.c1ccc(-c2nc3ccccc3c3c(-c4cccc(-c5ccc6oc7ccccc7c6c5)c4)c4c(cc23)oc2ccccc24)cc1.c1ccc(-c2nc3ccccc3c3c(-c4cccc(-c5cccc6oc7ccccc7c56)c4)c4c(cc23)oc2ccccc24)cc1. The predicted octanol–water partition coefficient (Wildman–Crippen LogP) is 38.2. The molecule has 0 saturated heterocycles. The summed E-state index contributed by atoms with van der Waals surface area (Å²) in [5, 5.41) is 23.5. The van der Waals surface area contributed by atoms with Crippen LogP contribution in [0.4, 0.5) is 0 Å². The Hall–Kier alpha value is -19.4. The molecule has 670 valence electrons. The molecule has 0 aliphatic rings. The van der Waals surface area contributed by atoms with Crippen LogP contribution in [0.3, 0.4) is 0 Å². The number of pyridine rings is 3. The topological polar surface area (TPSA) is 118 Å². The molecule has 144 heavy (non-hydrogen) atoms. The van der Waals surface area contributed by atoms with Gasteiger partial charge >= 0.3 is 0 Å². The number of hydrogen-bond acceptors (Lipinski definition) is 9. The minimum atomic E-state index is 0.853. The van der Waals surface area contributed by atoms with Crippen LogP contribution in [0.15, 0.2) is 506 Å². The molecule has 0 N–H and O–H groups in total. The van der Waals surface area contributed by atoms with Gasteiger partial charge in [0.05, 0.1) is 33.6 Å². The van der Waals surface area contributed by atoms with Gasteiger partial charge < -0.3 is 26.5 Å². The summed E-state index contributed by atoms with van der Waals surface area (Å²) < 4.78 is 38.6. The summed E-state index contributed by atoms with van der Waals surface area (Å²) in [5.41, 5.74) is 35.5. The lowest BCUT2D eigenvalue weighted by molar-refractivity contribution is 0.668. The predicted molar refractivity (Wildman–Crippen MR) is 596 cm³/mol. The smallest absolute Gasteiger partial charge is 0.143 e. The maximum absolute atomic E-state index is 6.61. The normalized spacial score (nSPS) is 11.9. The molecule has 0 saturated carbocycles. The maximum atomic E-state index is 6.61. The van der Waals surface area contributed by atoms with Gasteiger partial charge in [0.1, 0.15) is 67.0 Å². The van der Waals surface area contributed by atoms with Crippen molar-refractivity contribution in [3.63, 3.8) is 0 Å². The second-order valence-electron chi connectivity index (χ2n) is 37.2. The van der Waals surface area contributed by atoms with E-state index in [1.807, 2.05) is 72.8 Å². The van der Waals surface area contributed by atoms with Crippen molar-refractivity contribution in [2.24, 2.45) is 0 Å². The standard InChI is InChI=1S/C49H29NO2.2C43H25NO2/c1-2-12-32(13-3-1)48-40-29-44-47(39-18-6-9-23-43(39)51-44)45(46(40)38-17-4-7-21-41(38)50-48)34-15-10-14-33(28-34)30-24-26-31(27-25-30)35-19-11-20-37-36-16-5-8-22-42(36)52-49(35)37;1-2-12-26(13-3-1)43-33-25-38-42(32-18-6-9-22-36(32)46-38)39(41(33)30-16-4-7-20-34(30)44-43)28-15-10-14-27(24-28)29-19-11-23-37-40(29)31-17-5-8-21-35(31)45-37;1-2-11-26(12-3-1)43-34-25-39-42(32-17-6-9-20-37(32)46-39)40(41(34)31-16-4-7-18-35(31)44-43)29-14-10-13-27(23-29)28-21-22-38-33(24-28)30-15-5-8-19-36(30)45-38/h1-29H;2*1-25H. The second-order valence-corrected chi connectivity index (χ2v) is 37.2. The fourth-order valence-electron chi connectivity index (χ4n) is 22.6. The van der Waals surface area contributed by atoms with Gasteiger partial charge in [-0.2, -0.15) is 0 Å². The first-order valence-corrected chi connectivity index (χ1v) is 48.7. The number of para-hydroxylation sites is 10. The zero-order chi connectivity index (χ0) is 94.6. The summed E-state index contributed by atoms with van der Waals surface area (Å²) in [5.74, 6) is 0. The number of fused-ring (bicyclic) bond motifs is 27. The Bertz CT molecular complexity index is 10700. The van der Waals surface area contributed by atoms with Crippen LogP contribution in [-0.2, 0) is 0 Å². The van der Waals surface area contributed by atoms with Crippen molar-refractivity contribution in [1.82, 2.24) is 15.0 Å². The summed E-state index contributed by atoms with van der Waals surface area (Å²) in [6, 6.07) is 168. The van der Waals surface area contributed by atoms with Gasteiger partial charge in [0.15, 0.2) is 0 Å². The van der Waals surface area contributed by atoms with Crippen molar-refractivity contribution in [3.05, 3.63) is 479 Å². The number of aromatic nitrogens is 3. The van der Waals surface area contributed by atoms with Crippen LogP contribution in [0.1, 0.15) is 0 Å². The van der Waals surface area contributed by atoms with E-state index in [0.29, 0.717) is 0 Å². The van der Waals surface area contributed by atoms with E-state index in [9.17, 15) is 0 Å². The number of hydrogen-bond donors (Lipinski definition) is 0. The van der Waals surface area contributed by atoms with E-state index in [4.69, 9.17) is 41.5 Å². The highest BCUT2D eigenvalue weighted by Gasteiger charge is 2.29. The molecule has 0 bridgehead atoms. The summed E-state index contributed by atoms with van der Waals surface area (Å²) in [6.45, 7) is 0. The molecule has 31 rings (SSSR count). The first-order valence-electron chi connectivity index (χ1n) is 48.7. The van der Waals surface area contributed by atoms with Gasteiger partial charge in [0, 0.05) is 152 Å². The molecule has 9 heterocycles. The molecule has 9 heteroatoms. The Morgan fingerprint density at radius 1 is 0.125 bits per heavy atom. The zero-order valence-corrected chi connectivity index (χ0v) is 77.4. The molecule has 0 unspecified atom stereocenters. The van der Waals surface area contributed by atoms with Crippen molar-refractivity contribution < 1.29 is 26.5 Å². The number of benzene rings is 22. The summed E-state index contributed by atoms with van der Waals surface area (Å²) in [7, 11) is 0. The Labute approximate surface area is 823 Å². The van der Waals surface area contributed by atoms with Crippen molar-refractivity contribution >= 4 is 197 Å². The minimum absolute atomic E-state index is 0.853. The highest BCUT2D eigenvalue weighted by atomic mass is 16.3. The van der Waals surface area contributed by atoms with Gasteiger partial charge in [-0.15, -0.1) is 0 Å². The summed E-state index contributed by atoms with van der Waals surface area (Å²) >= 11 is 0. The van der Waals surface area contributed by atoms with E-state index >= 15 is 0 Å². The van der Waals surface area contributed by atoms with Gasteiger partial charge in [-0.1, -0.05) is 370 Å². The molecule has 0 aliphatic carbocycles. The average molecular weight is 1840 g/mol. The molecule has 0 fully saturated rings. The van der Waals surface area contributed by atoms with Crippen molar-refractivity contribution in [2.45, 2.75) is 0 Å². The van der Waals surface area contributed by atoms with Gasteiger partial charge in [-0.25, -0.2) is 15.0 Å². The van der Waals surface area contributed by atoms with Crippen LogP contribution in [0.5, 0.6) is 0 Å². The maximum Gasteiger partial charge on any atom is 0.143 e. The summed E-state index contributed by atoms with van der Waals surface area (Å²) in [4.78, 5) is 15.7. The molecule has 31 aromatic rings. The van der Waals surface area contributed by atoms with Crippen LogP contribution in [0, 0.1) is 0 Å². The number of nitrogens with zero attached hydrogens (tertiary/aromatic N) is 3. The fraction of sp³-hybridized carbons (Fsp3) is 0. The number of furan rings is 6. The summed E-state index contributed by atoms with van der Waals surface area (Å²) in [6.07, 6.45) is 0. The van der Waals surface area contributed by atoms with Crippen LogP contribution in [0.2, 0.25) is 0 Å². The van der Waals surface area contributed by atoms with Crippen molar-refractivity contribution in [3.8, 4) is 112 Å². The first-order chi connectivity index (χ1) is 71.4. The molecule has 0 radical (unpaired) electrons. The van der Waals surface area contributed by atoms with Gasteiger partial charge in [0.2, 0.25) is 0 Å². The molecule has 9 nitrogen and oxygen atoms in total. The van der Waals surface area contributed by atoms with Gasteiger partial charge in [-0.05, 0) is 165 Å². The van der Waals surface area contributed by atoms with E-state index in [1.165, 1.54) is 16.2 Å². The second kappa shape index (κ2) is 33.2. The van der Waals surface area contributed by atoms with Gasteiger partial charge in [-0.3, -0.25) is 0 Å². The minimum Gasteiger partial charge on any atom is -0.456 e. The lowest BCUT2D eigenvalue weighted by Crippen LogP contribution is -1.93.